The molecule has 1 rings (SSSR count). The minimum atomic E-state index is -1.49. The first-order chi connectivity index (χ1) is 6.17. The van der Waals surface area contributed by atoms with Crippen LogP contribution >= 0.6 is 0 Å². The van der Waals surface area contributed by atoms with E-state index in [1.54, 1.807) is 0 Å². The van der Waals surface area contributed by atoms with Crippen molar-refractivity contribution < 1.29 is 18.9 Å². The van der Waals surface area contributed by atoms with Crippen molar-refractivity contribution >= 4 is 13.3 Å². The van der Waals surface area contributed by atoms with Gasteiger partial charge in [-0.15, -0.1) is 6.92 Å². The predicted octanol–water partition coefficient (Wildman–Crippen LogP) is -0.320. The Balaban J connectivity index is 0.00000169. The molecular weight excluding hydrogens is 179 g/mol. The summed E-state index contributed by atoms with van der Waals surface area (Å²) in [6, 6.07) is 10.6. The quantitative estimate of drug-likeness (QED) is 0.344. The van der Waals surface area contributed by atoms with Crippen molar-refractivity contribution in [3.05, 3.63) is 47.8 Å². The van der Waals surface area contributed by atoms with Gasteiger partial charge < -0.3 is 5.73 Å². The van der Waals surface area contributed by atoms with Gasteiger partial charge in [0.1, 0.15) is 0 Å². The zero-order valence-corrected chi connectivity index (χ0v) is 10.5. The SMILES string of the molecule is CC=C=[C-][Si](C)(C)c1ccccc1.[Li+]. The summed E-state index contributed by atoms with van der Waals surface area (Å²) in [5, 5.41) is 1.41. The molecule has 0 atom stereocenters. The van der Waals surface area contributed by atoms with Crippen LogP contribution in [-0.2, 0) is 0 Å². The second-order valence-electron chi connectivity index (χ2n) is 3.55. The third-order valence-corrected chi connectivity index (χ3v) is 4.57. The van der Waals surface area contributed by atoms with Crippen LogP contribution in [0.1, 0.15) is 6.92 Å². The van der Waals surface area contributed by atoms with E-state index in [9.17, 15) is 0 Å². The molecule has 0 nitrogen and oxygen atoms in total. The molecular formula is C12H15LiSi. The molecule has 0 spiro atoms. The Morgan fingerprint density at radius 2 is 1.79 bits per heavy atom. The van der Waals surface area contributed by atoms with Crippen molar-refractivity contribution in [2.24, 2.45) is 0 Å². The minimum absolute atomic E-state index is 0. The van der Waals surface area contributed by atoms with Gasteiger partial charge in [0.2, 0.25) is 0 Å². The summed E-state index contributed by atoms with van der Waals surface area (Å²) in [6.45, 7) is 6.53. The maximum Gasteiger partial charge on any atom is 1.00 e. The van der Waals surface area contributed by atoms with E-state index in [2.05, 4.69) is 48.8 Å². The van der Waals surface area contributed by atoms with Gasteiger partial charge in [0.05, 0.1) is 0 Å². The molecule has 14 heavy (non-hydrogen) atoms. The van der Waals surface area contributed by atoms with Crippen LogP contribution < -0.4 is 24.0 Å². The molecule has 0 bridgehead atoms. The summed E-state index contributed by atoms with van der Waals surface area (Å²) in [4.78, 5) is 0. The normalized spacial score (nSPS) is 9.64. The average molecular weight is 194 g/mol. The Morgan fingerprint density at radius 1 is 1.21 bits per heavy atom. The van der Waals surface area contributed by atoms with E-state index in [4.69, 9.17) is 0 Å². The molecule has 0 saturated carbocycles. The van der Waals surface area contributed by atoms with Crippen molar-refractivity contribution in [2.75, 3.05) is 0 Å². The zero-order chi connectivity index (χ0) is 9.73. The molecule has 0 aliphatic rings. The van der Waals surface area contributed by atoms with Crippen LogP contribution in [0.2, 0.25) is 13.1 Å². The van der Waals surface area contributed by atoms with Crippen LogP contribution in [0, 0.1) is 5.70 Å². The molecule has 0 heterocycles. The Morgan fingerprint density at radius 3 is 2.29 bits per heavy atom. The molecule has 0 aliphatic heterocycles. The van der Waals surface area contributed by atoms with Crippen molar-refractivity contribution in [3.63, 3.8) is 0 Å². The monoisotopic (exact) mass is 194 g/mol. The largest absolute Gasteiger partial charge is 1.00 e. The summed E-state index contributed by atoms with van der Waals surface area (Å²) in [7, 11) is -1.49. The van der Waals surface area contributed by atoms with E-state index in [0.29, 0.717) is 0 Å². The Bertz CT molecular complexity index is 321. The molecule has 0 N–H and O–H groups in total. The summed E-state index contributed by atoms with van der Waals surface area (Å²) < 4.78 is 0. The fourth-order valence-corrected chi connectivity index (χ4v) is 2.85. The zero-order valence-electron chi connectivity index (χ0n) is 9.46. The average Bonchev–Trinajstić information content (AvgIpc) is 2.16. The summed E-state index contributed by atoms with van der Waals surface area (Å²) in [5.74, 6) is 0. The van der Waals surface area contributed by atoms with E-state index in [1.165, 1.54) is 5.19 Å². The Labute approximate surface area is 99.9 Å². The third-order valence-electron chi connectivity index (χ3n) is 2.02. The molecule has 1 aromatic carbocycles. The predicted molar refractivity (Wildman–Crippen MR) is 60.6 cm³/mol. The standard InChI is InChI=1S/C12H15Si.Li/c1-4-5-11-13(2,3)12-9-7-6-8-10-12;/h4,6-10H,1-3H3;/q-1;+1. The minimum Gasteiger partial charge on any atom is -0.337 e. The van der Waals surface area contributed by atoms with Gasteiger partial charge in [-0.1, -0.05) is 48.6 Å². The Kier molecular flexibility index (Phi) is 5.92. The number of hydrogen-bond donors (Lipinski definition) is 0. The van der Waals surface area contributed by atoms with Gasteiger partial charge in [0.25, 0.3) is 0 Å². The van der Waals surface area contributed by atoms with Crippen molar-refractivity contribution in [2.45, 2.75) is 20.0 Å². The topological polar surface area (TPSA) is 0 Å². The molecule has 0 fully saturated rings. The van der Waals surface area contributed by atoms with Gasteiger partial charge >= 0.3 is 18.9 Å². The fraction of sp³-hybridized carbons (Fsp3) is 0.250. The smallest absolute Gasteiger partial charge is 0.337 e. The maximum atomic E-state index is 3.36. The van der Waals surface area contributed by atoms with Gasteiger partial charge in [-0.3, -0.25) is 0 Å². The van der Waals surface area contributed by atoms with E-state index in [0.717, 1.165) is 0 Å². The summed E-state index contributed by atoms with van der Waals surface area (Å²) in [5.41, 5.74) is 6.43. The van der Waals surface area contributed by atoms with E-state index in [-0.39, 0.29) is 18.9 Å². The molecule has 0 aromatic heterocycles. The number of allylic oxidation sites excluding steroid dienone is 1. The van der Waals surface area contributed by atoms with Gasteiger partial charge in [0.15, 0.2) is 0 Å². The molecule has 0 unspecified atom stereocenters. The van der Waals surface area contributed by atoms with Crippen LogP contribution in [0.3, 0.4) is 0 Å². The molecule has 0 aliphatic carbocycles. The first-order valence-corrected chi connectivity index (χ1v) is 7.53. The molecule has 0 amide bonds. The maximum absolute atomic E-state index is 3.36. The van der Waals surface area contributed by atoms with Crippen molar-refractivity contribution in [1.82, 2.24) is 0 Å². The van der Waals surface area contributed by atoms with Crippen LogP contribution in [0.15, 0.2) is 42.1 Å². The van der Waals surface area contributed by atoms with Crippen LogP contribution in [0.5, 0.6) is 0 Å². The van der Waals surface area contributed by atoms with Gasteiger partial charge in [-0.05, 0) is 0 Å². The molecule has 0 saturated heterocycles. The Hall–Kier alpha value is -0.446. The molecule has 1 aromatic rings. The number of benzene rings is 1. The van der Waals surface area contributed by atoms with Gasteiger partial charge in [-0.2, -0.15) is 6.08 Å². The van der Waals surface area contributed by atoms with Crippen LogP contribution in [-0.4, -0.2) is 8.07 Å². The van der Waals surface area contributed by atoms with Crippen LogP contribution in [0.4, 0.5) is 0 Å². The summed E-state index contributed by atoms with van der Waals surface area (Å²) >= 11 is 0. The van der Waals surface area contributed by atoms with Crippen molar-refractivity contribution in [1.29, 1.82) is 0 Å². The third kappa shape index (κ3) is 3.74. The molecule has 2 heteroatoms. The van der Waals surface area contributed by atoms with Gasteiger partial charge in [0, 0.05) is 8.07 Å². The second-order valence-corrected chi connectivity index (χ2v) is 7.63. The van der Waals surface area contributed by atoms with E-state index in [1.807, 2.05) is 19.1 Å². The van der Waals surface area contributed by atoms with E-state index < -0.39 is 8.07 Å². The van der Waals surface area contributed by atoms with Crippen LogP contribution in [0.25, 0.3) is 0 Å². The van der Waals surface area contributed by atoms with Crippen molar-refractivity contribution in [3.8, 4) is 0 Å². The first-order valence-electron chi connectivity index (χ1n) is 4.53. The first kappa shape index (κ1) is 13.6. The fourth-order valence-electron chi connectivity index (χ4n) is 1.18. The number of hydrogen-bond acceptors (Lipinski definition) is 0. The second kappa shape index (κ2) is 6.12. The van der Waals surface area contributed by atoms with Gasteiger partial charge in [-0.25, -0.2) is 5.70 Å². The summed E-state index contributed by atoms with van der Waals surface area (Å²) in [6.07, 6.45) is 1.91. The van der Waals surface area contributed by atoms with E-state index >= 15 is 0 Å². The molecule has 68 valence electrons. The molecule has 0 radical (unpaired) electrons. The number of rotatable bonds is 2.